The van der Waals surface area contributed by atoms with Crippen LogP contribution in [0.2, 0.25) is 4.82 Å². The predicted octanol–water partition coefficient (Wildman–Crippen LogP) is 2.19. The Kier molecular flexibility index (Phi) is 4.54. The Labute approximate surface area is 120 Å². The van der Waals surface area contributed by atoms with Gasteiger partial charge in [-0.05, 0) is 0 Å². The molecule has 1 heterocycles. The second-order valence-electron chi connectivity index (χ2n) is 5.14. The van der Waals surface area contributed by atoms with Gasteiger partial charge in [-0.3, -0.25) is 0 Å². The van der Waals surface area contributed by atoms with E-state index in [0.29, 0.717) is 38.9 Å². The van der Waals surface area contributed by atoms with E-state index in [9.17, 15) is 4.79 Å². The molecule has 0 amide bonds. The van der Waals surface area contributed by atoms with Crippen LogP contribution in [0, 0.1) is 6.92 Å². The van der Waals surface area contributed by atoms with Crippen molar-refractivity contribution >= 4 is 25.4 Å². The minimum absolute atomic E-state index is 0.213. The van der Waals surface area contributed by atoms with Crippen molar-refractivity contribution in [3.63, 3.8) is 0 Å². The van der Waals surface area contributed by atoms with Gasteiger partial charge in [-0.25, -0.2) is 0 Å². The molecule has 1 aliphatic rings. The van der Waals surface area contributed by atoms with Gasteiger partial charge in [0.1, 0.15) is 0 Å². The average Bonchev–Trinajstić information content (AvgIpc) is 2.36. The Balaban J connectivity index is 2.22. The molecular formula is C15H20O3Se. The molecule has 0 bridgehead atoms. The second kappa shape index (κ2) is 5.98. The minimum atomic E-state index is -0.213. The van der Waals surface area contributed by atoms with E-state index < -0.39 is 0 Å². The van der Waals surface area contributed by atoms with Gasteiger partial charge in [0, 0.05) is 0 Å². The van der Waals surface area contributed by atoms with Crippen LogP contribution in [0.3, 0.4) is 0 Å². The average molecular weight is 327 g/mol. The van der Waals surface area contributed by atoms with E-state index in [4.69, 9.17) is 9.47 Å². The van der Waals surface area contributed by atoms with E-state index in [-0.39, 0.29) is 5.97 Å². The molecule has 2 rings (SSSR count). The number of fused-ring (bicyclic) bond motifs is 1. The van der Waals surface area contributed by atoms with Crippen LogP contribution in [0.25, 0.3) is 0 Å². The van der Waals surface area contributed by atoms with E-state index in [1.165, 1.54) is 22.5 Å². The Morgan fingerprint density at radius 2 is 2.26 bits per heavy atom. The third-order valence-corrected chi connectivity index (χ3v) is 5.78. The topological polar surface area (TPSA) is 35.5 Å². The normalized spacial score (nSPS) is 17.8. The van der Waals surface area contributed by atoms with Gasteiger partial charge in [0.15, 0.2) is 0 Å². The fraction of sp³-hybridized carbons (Fsp3) is 0.533. The van der Waals surface area contributed by atoms with Gasteiger partial charge in [-0.15, -0.1) is 0 Å². The van der Waals surface area contributed by atoms with Gasteiger partial charge in [0.25, 0.3) is 0 Å². The molecule has 0 aromatic heterocycles. The van der Waals surface area contributed by atoms with Crippen molar-refractivity contribution in [3.8, 4) is 5.75 Å². The summed E-state index contributed by atoms with van der Waals surface area (Å²) in [5.74, 6) is 1.34. The number of hydrogen-bond donors (Lipinski definition) is 0. The van der Waals surface area contributed by atoms with E-state index >= 15 is 0 Å². The standard InChI is InChI=1S/C15H20O3Se/c1-9(2)13-6-5-10(3)14-15(13)19-12(8-18-14)7-17-11(4)16/h5-6,9,12H,7-8H2,1-4H3. The molecule has 0 radical (unpaired) electrons. The van der Waals surface area contributed by atoms with Gasteiger partial charge < -0.3 is 0 Å². The van der Waals surface area contributed by atoms with Crippen molar-refractivity contribution in [2.24, 2.45) is 0 Å². The molecule has 1 aromatic rings. The number of benzene rings is 1. The summed E-state index contributed by atoms with van der Waals surface area (Å²) in [4.78, 5) is 11.2. The molecule has 104 valence electrons. The number of rotatable bonds is 3. The maximum atomic E-state index is 10.9. The first-order valence-corrected chi connectivity index (χ1v) is 8.40. The van der Waals surface area contributed by atoms with Crippen LogP contribution < -0.4 is 9.20 Å². The van der Waals surface area contributed by atoms with Crippen molar-refractivity contribution in [3.05, 3.63) is 23.3 Å². The molecule has 0 spiro atoms. The third kappa shape index (κ3) is 3.31. The van der Waals surface area contributed by atoms with Crippen molar-refractivity contribution in [1.29, 1.82) is 0 Å². The zero-order valence-corrected chi connectivity index (χ0v) is 13.6. The molecule has 19 heavy (non-hydrogen) atoms. The number of carbonyl (C=O) groups excluding carboxylic acids is 1. The molecule has 0 saturated carbocycles. The van der Waals surface area contributed by atoms with Crippen LogP contribution in [0.4, 0.5) is 0 Å². The van der Waals surface area contributed by atoms with E-state index in [1.807, 2.05) is 0 Å². The van der Waals surface area contributed by atoms with E-state index in [1.54, 1.807) is 0 Å². The zero-order valence-electron chi connectivity index (χ0n) is 11.9. The van der Waals surface area contributed by atoms with Gasteiger partial charge in [0.2, 0.25) is 0 Å². The summed E-state index contributed by atoms with van der Waals surface area (Å²) in [6, 6.07) is 4.34. The molecule has 1 aromatic carbocycles. The maximum absolute atomic E-state index is 10.9. The Bertz CT molecular complexity index is 483. The molecule has 0 N–H and O–H groups in total. The number of aryl methyl sites for hydroxylation is 1. The molecule has 0 aliphatic carbocycles. The first-order valence-electron chi connectivity index (χ1n) is 6.55. The summed E-state index contributed by atoms with van der Waals surface area (Å²) in [5.41, 5.74) is 2.57. The zero-order chi connectivity index (χ0) is 14.0. The summed E-state index contributed by atoms with van der Waals surface area (Å²) in [6.45, 7) is 9.08. The number of carbonyl (C=O) groups is 1. The second-order valence-corrected chi connectivity index (χ2v) is 7.89. The first kappa shape index (κ1) is 14.4. The van der Waals surface area contributed by atoms with Crippen molar-refractivity contribution in [2.45, 2.75) is 38.4 Å². The summed E-state index contributed by atoms with van der Waals surface area (Å²) >= 11 is 0.300. The molecule has 4 heteroatoms. The Morgan fingerprint density at radius 3 is 2.89 bits per heavy atom. The predicted molar refractivity (Wildman–Crippen MR) is 76.5 cm³/mol. The molecule has 0 fully saturated rings. The number of ether oxygens (including phenoxy) is 2. The van der Waals surface area contributed by atoms with Crippen LogP contribution in [0.1, 0.15) is 37.8 Å². The number of hydrogen-bond acceptors (Lipinski definition) is 3. The van der Waals surface area contributed by atoms with Gasteiger partial charge in [-0.2, -0.15) is 0 Å². The summed E-state index contributed by atoms with van der Waals surface area (Å²) in [5, 5.41) is 0. The molecular weight excluding hydrogens is 307 g/mol. The van der Waals surface area contributed by atoms with Gasteiger partial charge >= 0.3 is 120 Å². The van der Waals surface area contributed by atoms with Crippen LogP contribution in [-0.2, 0) is 9.53 Å². The summed E-state index contributed by atoms with van der Waals surface area (Å²) in [7, 11) is 0. The van der Waals surface area contributed by atoms with Gasteiger partial charge in [0.05, 0.1) is 0 Å². The van der Waals surface area contributed by atoms with Crippen molar-refractivity contribution < 1.29 is 14.3 Å². The Hall–Kier alpha value is -0.991. The van der Waals surface area contributed by atoms with Crippen LogP contribution >= 0.6 is 0 Å². The summed E-state index contributed by atoms with van der Waals surface area (Å²) in [6.07, 6.45) is 0. The molecule has 0 saturated heterocycles. The fourth-order valence-corrected chi connectivity index (χ4v) is 4.98. The van der Waals surface area contributed by atoms with E-state index in [0.717, 1.165) is 5.75 Å². The third-order valence-electron chi connectivity index (χ3n) is 3.13. The molecule has 1 atom stereocenters. The summed E-state index contributed by atoms with van der Waals surface area (Å²) < 4.78 is 12.4. The quantitative estimate of drug-likeness (QED) is 0.631. The Morgan fingerprint density at radius 1 is 1.53 bits per heavy atom. The fourth-order valence-electron chi connectivity index (χ4n) is 2.10. The van der Waals surface area contributed by atoms with Crippen molar-refractivity contribution in [1.82, 2.24) is 0 Å². The molecule has 3 nitrogen and oxygen atoms in total. The van der Waals surface area contributed by atoms with E-state index in [2.05, 4.69) is 32.9 Å². The molecule has 1 unspecified atom stereocenters. The van der Waals surface area contributed by atoms with Crippen LogP contribution in [0.5, 0.6) is 5.75 Å². The van der Waals surface area contributed by atoms with Crippen LogP contribution in [0.15, 0.2) is 12.1 Å². The number of esters is 1. The molecule has 1 aliphatic heterocycles. The van der Waals surface area contributed by atoms with Gasteiger partial charge in [-0.1, -0.05) is 0 Å². The first-order chi connectivity index (χ1) is 8.99. The van der Waals surface area contributed by atoms with Crippen molar-refractivity contribution in [2.75, 3.05) is 13.2 Å². The SMILES string of the molecule is CC(=O)OCC1COc2c(C)ccc(C(C)C)c2[Se]1. The van der Waals surface area contributed by atoms with Crippen LogP contribution in [-0.4, -0.2) is 34.1 Å². The monoisotopic (exact) mass is 328 g/mol.